The molecule has 2 aromatic rings. The Morgan fingerprint density at radius 3 is 1.91 bits per heavy atom. The summed E-state index contributed by atoms with van der Waals surface area (Å²) in [5.41, 5.74) is 3.18. The van der Waals surface area contributed by atoms with Crippen LogP contribution in [0.3, 0.4) is 0 Å². The molecule has 3 rings (SSSR count). The van der Waals surface area contributed by atoms with E-state index in [1.54, 1.807) is 0 Å². The van der Waals surface area contributed by atoms with E-state index in [1.165, 1.54) is 0 Å². The number of benzene rings is 1. The molecule has 0 atom stereocenters. The molecule has 0 spiro atoms. The zero-order valence-corrected chi connectivity index (χ0v) is 18.4. The van der Waals surface area contributed by atoms with Gasteiger partial charge in [0.1, 0.15) is 5.82 Å². The molecule has 0 bridgehead atoms. The fourth-order valence-electron chi connectivity index (χ4n) is 2.62. The lowest BCUT2D eigenvalue weighted by molar-refractivity contribution is -0.159. The number of nitrogens with zero attached hydrogens (tertiary/aromatic N) is 3. The van der Waals surface area contributed by atoms with Gasteiger partial charge in [-0.3, -0.25) is 4.90 Å². The number of rotatable bonds is 5. The van der Waals surface area contributed by atoms with Crippen molar-refractivity contribution in [1.29, 1.82) is 0 Å². The van der Waals surface area contributed by atoms with Gasteiger partial charge in [0.05, 0.1) is 18.9 Å². The lowest BCUT2D eigenvalue weighted by Gasteiger charge is -2.26. The van der Waals surface area contributed by atoms with Gasteiger partial charge in [0, 0.05) is 31.7 Å². The summed E-state index contributed by atoms with van der Waals surface area (Å²) in [6.07, 6.45) is 0. The smallest absolute Gasteiger partial charge is 0.414 e. The van der Waals surface area contributed by atoms with E-state index in [-0.39, 0.29) is 0 Å². The van der Waals surface area contributed by atoms with Crippen molar-refractivity contribution < 1.29 is 44.3 Å². The topological polar surface area (TPSA) is 199 Å². The van der Waals surface area contributed by atoms with Crippen LogP contribution < -0.4 is 5.32 Å². The Hall–Kier alpha value is -4.10. The van der Waals surface area contributed by atoms with Crippen LogP contribution in [0.15, 0.2) is 36.4 Å². The molecule has 2 heterocycles. The van der Waals surface area contributed by atoms with Crippen molar-refractivity contribution in [1.82, 2.24) is 15.1 Å². The van der Waals surface area contributed by atoms with Gasteiger partial charge in [0.25, 0.3) is 0 Å². The molecular weight excluding hydrogens is 452 g/mol. The Morgan fingerprint density at radius 2 is 1.44 bits per heavy atom. The number of hydrogen-bond donors (Lipinski definition) is 5. The molecule has 1 saturated heterocycles. The lowest BCUT2D eigenvalue weighted by Crippen LogP contribution is -2.39. The molecule has 1 aliphatic rings. The largest absolute Gasteiger partial charge is 0.473 e. The number of anilines is 1. The number of carboxylic acid groups (broad SMARTS) is 4. The summed E-state index contributed by atoms with van der Waals surface area (Å²) in [7, 11) is 0. The van der Waals surface area contributed by atoms with Gasteiger partial charge >= 0.3 is 23.9 Å². The molecule has 0 aliphatic carbocycles. The van der Waals surface area contributed by atoms with Crippen molar-refractivity contribution in [2.75, 3.05) is 44.7 Å². The Bertz CT molecular complexity index is 916. The van der Waals surface area contributed by atoms with E-state index in [0.29, 0.717) is 0 Å². The summed E-state index contributed by atoms with van der Waals surface area (Å²) >= 11 is 0. The fourth-order valence-corrected chi connectivity index (χ4v) is 2.62. The van der Waals surface area contributed by atoms with E-state index in [0.717, 1.165) is 62.0 Å². The number of morpholine rings is 1. The number of hydrogen-bond acceptors (Lipinski definition) is 9. The Morgan fingerprint density at radius 1 is 0.912 bits per heavy atom. The maximum absolute atomic E-state index is 9.10. The van der Waals surface area contributed by atoms with E-state index in [2.05, 4.69) is 45.5 Å². The van der Waals surface area contributed by atoms with Crippen molar-refractivity contribution in [3.8, 4) is 11.3 Å². The highest BCUT2D eigenvalue weighted by atomic mass is 16.5. The van der Waals surface area contributed by atoms with E-state index in [1.807, 2.05) is 18.2 Å². The number of carbonyl (C=O) groups is 4. The van der Waals surface area contributed by atoms with Crippen LogP contribution in [0, 0.1) is 6.92 Å². The molecule has 13 heteroatoms. The van der Waals surface area contributed by atoms with Crippen LogP contribution in [0.4, 0.5) is 5.82 Å². The van der Waals surface area contributed by atoms with Gasteiger partial charge in [0.15, 0.2) is 0 Å². The van der Waals surface area contributed by atoms with Crippen molar-refractivity contribution in [3.05, 3.63) is 42.0 Å². The van der Waals surface area contributed by atoms with Crippen LogP contribution in [-0.4, -0.2) is 98.8 Å². The minimum atomic E-state index is -1.82. The monoisotopic (exact) mass is 478 g/mol. The highest BCUT2D eigenvalue weighted by Crippen LogP contribution is 2.21. The van der Waals surface area contributed by atoms with Gasteiger partial charge in [-0.25, -0.2) is 19.2 Å². The third kappa shape index (κ3) is 11.0. The van der Waals surface area contributed by atoms with Crippen molar-refractivity contribution in [2.45, 2.75) is 6.92 Å². The summed E-state index contributed by atoms with van der Waals surface area (Å²) in [4.78, 5) is 38.8. The van der Waals surface area contributed by atoms with E-state index < -0.39 is 23.9 Å². The third-order valence-corrected chi connectivity index (χ3v) is 4.24. The zero-order valence-electron chi connectivity index (χ0n) is 18.4. The maximum atomic E-state index is 9.10. The number of carboxylic acids is 4. The molecule has 1 fully saturated rings. The first-order chi connectivity index (χ1) is 16.1. The van der Waals surface area contributed by atoms with Gasteiger partial charge in [-0.15, -0.1) is 10.2 Å². The van der Waals surface area contributed by atoms with Crippen molar-refractivity contribution >= 4 is 29.7 Å². The summed E-state index contributed by atoms with van der Waals surface area (Å²) in [6.45, 7) is 7.65. The van der Waals surface area contributed by atoms with Gasteiger partial charge < -0.3 is 30.5 Å². The summed E-state index contributed by atoms with van der Waals surface area (Å²) < 4.78 is 5.35. The zero-order chi connectivity index (χ0) is 25.5. The SMILES string of the molecule is Cc1cc(NCCN2CCOCC2)nnc1-c1ccccc1.O=C(O)C(=O)O.O=C(O)C(=O)O. The summed E-state index contributed by atoms with van der Waals surface area (Å²) in [6, 6.07) is 12.2. The minimum absolute atomic E-state index is 0.838. The average Bonchev–Trinajstić information content (AvgIpc) is 2.81. The Balaban J connectivity index is 0.000000401. The molecule has 1 aliphatic heterocycles. The van der Waals surface area contributed by atoms with E-state index in [4.69, 9.17) is 44.3 Å². The average molecular weight is 478 g/mol. The van der Waals surface area contributed by atoms with E-state index >= 15 is 0 Å². The first-order valence-electron chi connectivity index (χ1n) is 9.98. The van der Waals surface area contributed by atoms with Gasteiger partial charge in [-0.1, -0.05) is 30.3 Å². The van der Waals surface area contributed by atoms with Crippen LogP contribution in [0.2, 0.25) is 0 Å². The Kier molecular flexibility index (Phi) is 12.2. The van der Waals surface area contributed by atoms with Crippen LogP contribution in [0.25, 0.3) is 11.3 Å². The normalized spacial score (nSPS) is 12.7. The minimum Gasteiger partial charge on any atom is -0.473 e. The second kappa shape index (κ2) is 14.9. The quantitative estimate of drug-likeness (QED) is 0.373. The van der Waals surface area contributed by atoms with Crippen LogP contribution >= 0.6 is 0 Å². The molecule has 0 saturated carbocycles. The number of ether oxygens (including phenoxy) is 1. The highest BCUT2D eigenvalue weighted by Gasteiger charge is 2.10. The van der Waals surface area contributed by atoms with Crippen LogP contribution in [0.5, 0.6) is 0 Å². The molecule has 1 aromatic carbocycles. The van der Waals surface area contributed by atoms with Gasteiger partial charge in [-0.2, -0.15) is 0 Å². The number of nitrogens with one attached hydrogen (secondary N) is 1. The molecule has 0 unspecified atom stereocenters. The van der Waals surface area contributed by atoms with Crippen molar-refractivity contribution in [2.24, 2.45) is 0 Å². The predicted molar refractivity (Wildman–Crippen MR) is 118 cm³/mol. The van der Waals surface area contributed by atoms with E-state index in [9.17, 15) is 0 Å². The third-order valence-electron chi connectivity index (χ3n) is 4.24. The molecule has 184 valence electrons. The molecule has 1 aromatic heterocycles. The van der Waals surface area contributed by atoms with Gasteiger partial charge in [-0.05, 0) is 18.6 Å². The lowest BCUT2D eigenvalue weighted by atomic mass is 10.1. The standard InChI is InChI=1S/C17H22N4O.2C2H2O4/c1-14-13-16(18-7-8-21-9-11-22-12-10-21)19-20-17(14)15-5-3-2-4-6-15;2*3-1(4)2(5)6/h2-6,13H,7-12H2,1H3,(H,18,19);2*(H,3,4)(H,5,6). The second-order valence-electron chi connectivity index (χ2n) is 6.73. The molecule has 0 amide bonds. The molecule has 0 radical (unpaired) electrons. The van der Waals surface area contributed by atoms with Gasteiger partial charge in [0.2, 0.25) is 0 Å². The second-order valence-corrected chi connectivity index (χ2v) is 6.73. The van der Waals surface area contributed by atoms with Crippen LogP contribution in [-0.2, 0) is 23.9 Å². The molecular formula is C21H26N4O9. The number of aromatic nitrogens is 2. The number of aliphatic carboxylic acids is 4. The summed E-state index contributed by atoms with van der Waals surface area (Å²) in [5, 5.41) is 41.6. The maximum Gasteiger partial charge on any atom is 0.414 e. The molecule has 34 heavy (non-hydrogen) atoms. The first-order valence-corrected chi connectivity index (χ1v) is 9.98. The first kappa shape index (κ1) is 27.9. The molecule has 5 N–H and O–H groups in total. The highest BCUT2D eigenvalue weighted by molar-refractivity contribution is 6.27. The fraction of sp³-hybridized carbons (Fsp3) is 0.333. The predicted octanol–water partition coefficient (Wildman–Crippen LogP) is 0.507. The summed E-state index contributed by atoms with van der Waals surface area (Å²) in [5.74, 6) is -6.46. The Labute approximate surface area is 194 Å². The van der Waals surface area contributed by atoms with Crippen molar-refractivity contribution in [3.63, 3.8) is 0 Å². The van der Waals surface area contributed by atoms with Crippen LogP contribution in [0.1, 0.15) is 5.56 Å². The molecule has 13 nitrogen and oxygen atoms in total. The number of aryl methyl sites for hydroxylation is 1.